The fraction of sp³-hybridized carbons (Fsp3) is 0.923. The molecular formula is C13H25NO4S. The molecule has 0 radical (unpaired) electrons. The molecule has 3 atom stereocenters. The van der Waals surface area contributed by atoms with Gasteiger partial charge in [-0.25, -0.2) is 8.42 Å². The van der Waals surface area contributed by atoms with E-state index in [1.807, 2.05) is 0 Å². The van der Waals surface area contributed by atoms with Gasteiger partial charge in [0.15, 0.2) is 5.78 Å². The van der Waals surface area contributed by atoms with Gasteiger partial charge in [0.1, 0.15) is 9.84 Å². The Balaban J connectivity index is 2.52. The van der Waals surface area contributed by atoms with Crippen molar-refractivity contribution in [2.24, 2.45) is 11.7 Å². The Kier molecular flexibility index (Phi) is 6.42. The molecule has 0 bridgehead atoms. The monoisotopic (exact) mass is 291 g/mol. The van der Waals surface area contributed by atoms with Crippen LogP contribution < -0.4 is 5.73 Å². The van der Waals surface area contributed by atoms with Gasteiger partial charge < -0.3 is 10.5 Å². The average molecular weight is 291 g/mol. The van der Waals surface area contributed by atoms with Crippen molar-refractivity contribution in [3.8, 4) is 0 Å². The third-order valence-corrected chi connectivity index (χ3v) is 5.50. The van der Waals surface area contributed by atoms with Gasteiger partial charge in [-0.1, -0.05) is 6.42 Å². The zero-order valence-electron chi connectivity index (χ0n) is 11.8. The van der Waals surface area contributed by atoms with E-state index in [4.69, 9.17) is 10.5 Å². The summed E-state index contributed by atoms with van der Waals surface area (Å²) in [6.07, 6.45) is 5.28. The number of rotatable bonds is 7. The summed E-state index contributed by atoms with van der Waals surface area (Å²) in [5.74, 6) is -0.171. The number of nitrogens with two attached hydrogens (primary N) is 1. The highest BCUT2D eigenvalue weighted by Crippen LogP contribution is 2.29. The number of sulfone groups is 1. The zero-order valence-corrected chi connectivity index (χ0v) is 12.6. The molecule has 112 valence electrons. The number of carbonyl (C=O) groups excluding carboxylic acids is 1. The third-order valence-electron chi connectivity index (χ3n) is 3.86. The van der Waals surface area contributed by atoms with E-state index in [0.29, 0.717) is 25.9 Å². The summed E-state index contributed by atoms with van der Waals surface area (Å²) in [5, 5.41) is -0.374. The van der Waals surface area contributed by atoms with Gasteiger partial charge in [0.25, 0.3) is 0 Å². The van der Waals surface area contributed by atoms with Crippen LogP contribution in [0.1, 0.15) is 38.5 Å². The Morgan fingerprint density at radius 2 is 2.11 bits per heavy atom. The molecule has 0 spiro atoms. The number of hydrogen-bond acceptors (Lipinski definition) is 5. The highest BCUT2D eigenvalue weighted by atomic mass is 32.2. The lowest BCUT2D eigenvalue weighted by Gasteiger charge is -2.28. The predicted octanol–water partition coefficient (Wildman–Crippen LogP) is 0.913. The van der Waals surface area contributed by atoms with E-state index >= 15 is 0 Å². The van der Waals surface area contributed by atoms with Crippen molar-refractivity contribution in [3.05, 3.63) is 0 Å². The summed E-state index contributed by atoms with van der Waals surface area (Å²) in [6.45, 7) is 0.595. The van der Waals surface area contributed by atoms with Crippen molar-refractivity contribution < 1.29 is 17.9 Å². The smallest absolute Gasteiger partial charge is 0.152 e. The quantitative estimate of drug-likeness (QED) is 0.705. The van der Waals surface area contributed by atoms with E-state index < -0.39 is 15.9 Å². The summed E-state index contributed by atoms with van der Waals surface area (Å²) in [4.78, 5) is 12.2. The van der Waals surface area contributed by atoms with Crippen LogP contribution in [-0.2, 0) is 19.4 Å². The molecule has 0 amide bonds. The number of ketones is 1. The fourth-order valence-corrected chi connectivity index (χ4v) is 3.86. The fourth-order valence-electron chi connectivity index (χ4n) is 2.68. The second kappa shape index (κ2) is 7.36. The van der Waals surface area contributed by atoms with Crippen LogP contribution in [0, 0.1) is 5.92 Å². The summed E-state index contributed by atoms with van der Waals surface area (Å²) in [7, 11) is -1.44. The molecule has 1 rings (SSSR count). The normalized spacial score (nSPS) is 26.1. The van der Waals surface area contributed by atoms with Gasteiger partial charge in [-0.3, -0.25) is 4.79 Å². The number of carbonyl (C=O) groups is 1. The summed E-state index contributed by atoms with van der Waals surface area (Å²) in [6, 6.07) is -0.488. The summed E-state index contributed by atoms with van der Waals surface area (Å²) < 4.78 is 28.1. The Morgan fingerprint density at radius 3 is 2.68 bits per heavy atom. The lowest BCUT2D eigenvalue weighted by Crippen LogP contribution is -2.40. The largest absolute Gasteiger partial charge is 0.385 e. The third kappa shape index (κ3) is 5.20. The van der Waals surface area contributed by atoms with Crippen LogP contribution in [-0.4, -0.2) is 45.5 Å². The van der Waals surface area contributed by atoms with Crippen LogP contribution in [0.25, 0.3) is 0 Å². The molecular weight excluding hydrogens is 266 g/mol. The molecule has 1 aliphatic carbocycles. The van der Waals surface area contributed by atoms with Crippen LogP contribution in [0.3, 0.4) is 0 Å². The van der Waals surface area contributed by atoms with Crippen LogP contribution in [0.15, 0.2) is 0 Å². The van der Waals surface area contributed by atoms with Crippen LogP contribution in [0.4, 0.5) is 0 Å². The topological polar surface area (TPSA) is 86.5 Å². The summed E-state index contributed by atoms with van der Waals surface area (Å²) >= 11 is 0. The van der Waals surface area contributed by atoms with E-state index in [1.165, 1.54) is 6.26 Å². The number of ether oxygens (including phenoxy) is 1. The molecule has 5 nitrogen and oxygen atoms in total. The molecule has 2 N–H and O–H groups in total. The highest BCUT2D eigenvalue weighted by molar-refractivity contribution is 7.91. The molecule has 3 unspecified atom stereocenters. The van der Waals surface area contributed by atoms with Gasteiger partial charge in [0.05, 0.1) is 11.3 Å². The van der Waals surface area contributed by atoms with E-state index in [2.05, 4.69) is 0 Å². The minimum atomic E-state index is -3.05. The Hall–Kier alpha value is -0.460. The zero-order chi connectivity index (χ0) is 14.5. The van der Waals surface area contributed by atoms with E-state index in [9.17, 15) is 13.2 Å². The first-order chi connectivity index (χ1) is 8.86. The molecule has 0 aromatic rings. The molecule has 0 aromatic carbocycles. The standard InChI is InChI=1S/C13H25NO4S/c1-18-8-4-7-12(14)13(15)10-5-3-6-11(9-10)19(2,16)17/h10-12H,3-9,14H2,1-2H3. The summed E-state index contributed by atoms with van der Waals surface area (Å²) in [5.41, 5.74) is 5.89. The Labute approximate surface area is 115 Å². The molecule has 19 heavy (non-hydrogen) atoms. The Morgan fingerprint density at radius 1 is 1.42 bits per heavy atom. The maximum atomic E-state index is 12.2. The van der Waals surface area contributed by atoms with Crippen LogP contribution in [0.2, 0.25) is 0 Å². The van der Waals surface area contributed by atoms with Gasteiger partial charge in [0.2, 0.25) is 0 Å². The first-order valence-corrected chi connectivity index (χ1v) is 8.78. The van der Waals surface area contributed by atoms with E-state index in [1.54, 1.807) is 7.11 Å². The molecule has 1 fully saturated rings. The van der Waals surface area contributed by atoms with Crippen LogP contribution >= 0.6 is 0 Å². The lowest BCUT2D eigenvalue weighted by molar-refractivity contribution is -0.125. The van der Waals surface area contributed by atoms with Gasteiger partial charge >= 0.3 is 0 Å². The van der Waals surface area contributed by atoms with Crippen molar-refractivity contribution in [2.75, 3.05) is 20.0 Å². The molecule has 6 heteroatoms. The predicted molar refractivity (Wildman–Crippen MR) is 74.7 cm³/mol. The first kappa shape index (κ1) is 16.6. The van der Waals surface area contributed by atoms with Gasteiger partial charge in [-0.05, 0) is 32.1 Å². The SMILES string of the molecule is COCCCC(N)C(=O)C1CCCC(S(C)(=O)=O)C1. The van der Waals surface area contributed by atoms with Crippen molar-refractivity contribution >= 4 is 15.6 Å². The number of Topliss-reactive ketones (excluding diaryl/α,β-unsaturated/α-hetero) is 1. The van der Waals surface area contributed by atoms with E-state index in [0.717, 1.165) is 19.3 Å². The van der Waals surface area contributed by atoms with Gasteiger partial charge in [0, 0.05) is 25.9 Å². The minimum Gasteiger partial charge on any atom is -0.385 e. The molecule has 1 saturated carbocycles. The highest BCUT2D eigenvalue weighted by Gasteiger charge is 2.34. The van der Waals surface area contributed by atoms with Gasteiger partial charge in [-0.2, -0.15) is 0 Å². The van der Waals surface area contributed by atoms with Gasteiger partial charge in [-0.15, -0.1) is 0 Å². The second-order valence-corrected chi connectivity index (χ2v) is 7.78. The molecule has 1 aliphatic rings. The number of methoxy groups -OCH3 is 1. The average Bonchev–Trinajstić information content (AvgIpc) is 2.37. The first-order valence-electron chi connectivity index (χ1n) is 6.83. The molecule has 0 heterocycles. The molecule has 0 saturated heterocycles. The van der Waals surface area contributed by atoms with Crippen LogP contribution in [0.5, 0.6) is 0 Å². The maximum Gasteiger partial charge on any atom is 0.152 e. The maximum absolute atomic E-state index is 12.2. The van der Waals surface area contributed by atoms with Crippen molar-refractivity contribution in [3.63, 3.8) is 0 Å². The Bertz CT molecular complexity index is 393. The van der Waals surface area contributed by atoms with E-state index in [-0.39, 0.29) is 17.0 Å². The molecule has 0 aromatic heterocycles. The molecule has 0 aliphatic heterocycles. The van der Waals surface area contributed by atoms with Crippen molar-refractivity contribution in [2.45, 2.75) is 49.8 Å². The van der Waals surface area contributed by atoms with Crippen molar-refractivity contribution in [1.82, 2.24) is 0 Å². The second-order valence-electron chi connectivity index (χ2n) is 5.46. The number of hydrogen-bond donors (Lipinski definition) is 1. The minimum absolute atomic E-state index is 0.0180. The lowest BCUT2D eigenvalue weighted by atomic mass is 9.83. The van der Waals surface area contributed by atoms with Crippen molar-refractivity contribution in [1.29, 1.82) is 0 Å².